The molecule has 0 radical (unpaired) electrons. The van der Waals surface area contributed by atoms with Crippen molar-refractivity contribution < 1.29 is 33.7 Å². The Balaban J connectivity index is 2.73. The molecule has 2 amide bonds. The molecule has 0 aliphatic carbocycles. The van der Waals surface area contributed by atoms with E-state index >= 15 is 0 Å². The van der Waals surface area contributed by atoms with Crippen molar-refractivity contribution in [2.75, 3.05) is 19.7 Å². The van der Waals surface area contributed by atoms with E-state index in [1.54, 1.807) is 0 Å². The lowest BCUT2D eigenvalue weighted by molar-refractivity contribution is -0.124. The molecule has 0 saturated heterocycles. The first-order valence-corrected chi connectivity index (χ1v) is 8.86. The molecule has 158 valence electrons. The third-order valence-electron chi connectivity index (χ3n) is 3.91. The van der Waals surface area contributed by atoms with Crippen molar-refractivity contribution in [1.82, 2.24) is 16.0 Å². The second kappa shape index (κ2) is 11.5. The number of hydrogen-bond acceptors (Lipinski definition) is 5. The summed E-state index contributed by atoms with van der Waals surface area (Å²) < 4.78 is 26.7. The van der Waals surface area contributed by atoms with Crippen molar-refractivity contribution in [3.8, 4) is 0 Å². The van der Waals surface area contributed by atoms with Crippen LogP contribution in [0.15, 0.2) is 18.2 Å². The average molecular weight is 403 g/mol. The molecule has 0 heterocycles. The summed E-state index contributed by atoms with van der Waals surface area (Å²) in [5.41, 5.74) is 0.156. The number of aliphatic hydroxyl groups is 2. The Morgan fingerprint density at radius 1 is 1.11 bits per heavy atom. The molecule has 8 nitrogen and oxygen atoms in total. The molecule has 1 aromatic rings. The minimum absolute atomic E-state index is 0.156. The first-order valence-electron chi connectivity index (χ1n) is 8.86. The summed E-state index contributed by atoms with van der Waals surface area (Å²) in [5, 5.41) is 36.0. The number of benzene rings is 1. The molecule has 3 atom stereocenters. The zero-order valence-electron chi connectivity index (χ0n) is 15.8. The molecule has 10 heteroatoms. The van der Waals surface area contributed by atoms with Crippen molar-refractivity contribution >= 4 is 12.0 Å². The Bertz CT molecular complexity index is 640. The van der Waals surface area contributed by atoms with Gasteiger partial charge in [0, 0.05) is 19.2 Å². The molecule has 0 saturated carbocycles. The molecule has 0 bridgehead atoms. The summed E-state index contributed by atoms with van der Waals surface area (Å²) in [6.07, 6.45) is -2.92. The van der Waals surface area contributed by atoms with Gasteiger partial charge in [0.15, 0.2) is 0 Å². The second-order valence-corrected chi connectivity index (χ2v) is 6.89. The molecule has 0 aromatic heterocycles. The van der Waals surface area contributed by atoms with Crippen LogP contribution < -0.4 is 16.0 Å². The minimum atomic E-state index is -1.42. The lowest BCUT2D eigenvalue weighted by Crippen LogP contribution is -2.53. The predicted octanol–water partition coefficient (Wildman–Crippen LogP) is 0.227. The third kappa shape index (κ3) is 8.59. The standard InChI is InChI=1S/C18H27F2N3O5/c1-10(2)7-22-17(26)15(9-24)21-8-16(25)14(23-18(27)28)5-11-3-12(19)6-13(20)4-11/h3-4,6,10,14-16,21,23-25H,5,7-9H2,1-2H3,(H,22,26)(H,27,28)/t14-,15-,16+/m0/s1. The van der Waals surface area contributed by atoms with Crippen LogP contribution in [0, 0.1) is 17.6 Å². The summed E-state index contributed by atoms with van der Waals surface area (Å²) in [4.78, 5) is 23.0. The summed E-state index contributed by atoms with van der Waals surface area (Å²) in [7, 11) is 0. The summed E-state index contributed by atoms with van der Waals surface area (Å²) in [6, 6.07) is 0.670. The van der Waals surface area contributed by atoms with Gasteiger partial charge < -0.3 is 31.3 Å². The molecule has 0 aliphatic rings. The van der Waals surface area contributed by atoms with Gasteiger partial charge in [-0.2, -0.15) is 0 Å². The van der Waals surface area contributed by atoms with Gasteiger partial charge in [0.2, 0.25) is 5.91 Å². The first kappa shape index (κ1) is 23.7. The number of nitrogens with one attached hydrogen (secondary N) is 3. The topological polar surface area (TPSA) is 131 Å². The molecule has 0 fully saturated rings. The highest BCUT2D eigenvalue weighted by atomic mass is 19.1. The Morgan fingerprint density at radius 3 is 2.21 bits per heavy atom. The zero-order chi connectivity index (χ0) is 21.3. The van der Waals surface area contributed by atoms with Crippen molar-refractivity contribution in [3.05, 3.63) is 35.4 Å². The second-order valence-electron chi connectivity index (χ2n) is 6.89. The minimum Gasteiger partial charge on any atom is -0.465 e. The van der Waals surface area contributed by atoms with E-state index < -0.39 is 48.4 Å². The van der Waals surface area contributed by atoms with Crippen molar-refractivity contribution in [2.45, 2.75) is 38.5 Å². The molecule has 0 aliphatic heterocycles. The molecular formula is C18H27F2N3O5. The maximum atomic E-state index is 13.3. The van der Waals surface area contributed by atoms with Crippen LogP contribution in [-0.4, -0.2) is 65.2 Å². The SMILES string of the molecule is CC(C)CNC(=O)[C@H](CO)NC[C@@H](O)[C@H](Cc1cc(F)cc(F)c1)NC(=O)O. The van der Waals surface area contributed by atoms with Gasteiger partial charge in [-0.25, -0.2) is 13.6 Å². The predicted molar refractivity (Wildman–Crippen MR) is 97.7 cm³/mol. The normalized spacial score (nSPS) is 14.4. The summed E-state index contributed by atoms with van der Waals surface area (Å²) in [6.45, 7) is 3.46. The largest absolute Gasteiger partial charge is 0.465 e. The van der Waals surface area contributed by atoms with Crippen molar-refractivity contribution in [3.63, 3.8) is 0 Å². The fourth-order valence-corrected chi connectivity index (χ4v) is 2.50. The number of hydrogen-bond donors (Lipinski definition) is 6. The van der Waals surface area contributed by atoms with Gasteiger partial charge in [-0.15, -0.1) is 0 Å². The van der Waals surface area contributed by atoms with Crippen molar-refractivity contribution in [1.29, 1.82) is 0 Å². The van der Waals surface area contributed by atoms with Crippen LogP contribution >= 0.6 is 0 Å². The number of halogens is 2. The van der Waals surface area contributed by atoms with Gasteiger partial charge in [-0.1, -0.05) is 13.8 Å². The van der Waals surface area contributed by atoms with Crippen molar-refractivity contribution in [2.24, 2.45) is 5.92 Å². The van der Waals surface area contributed by atoms with Gasteiger partial charge >= 0.3 is 6.09 Å². The number of aliphatic hydroxyl groups excluding tert-OH is 2. The Labute approximate surface area is 161 Å². The van der Waals surface area contributed by atoms with E-state index in [0.717, 1.165) is 12.1 Å². The van der Waals surface area contributed by atoms with E-state index in [0.29, 0.717) is 12.6 Å². The van der Waals surface area contributed by atoms with E-state index in [9.17, 15) is 28.6 Å². The quantitative estimate of drug-likeness (QED) is 0.314. The van der Waals surface area contributed by atoms with Gasteiger partial charge in [0.25, 0.3) is 0 Å². The van der Waals surface area contributed by atoms with Crippen LogP contribution in [0.2, 0.25) is 0 Å². The number of rotatable bonds is 11. The highest BCUT2D eigenvalue weighted by molar-refractivity contribution is 5.81. The zero-order valence-corrected chi connectivity index (χ0v) is 15.8. The summed E-state index contributed by atoms with van der Waals surface area (Å²) in [5.74, 6) is -1.89. The highest BCUT2D eigenvalue weighted by Crippen LogP contribution is 2.12. The van der Waals surface area contributed by atoms with Gasteiger partial charge in [-0.05, 0) is 30.0 Å². The Kier molecular flexibility index (Phi) is 9.77. The number of carboxylic acid groups (broad SMARTS) is 1. The van der Waals surface area contributed by atoms with Crippen LogP contribution in [0.1, 0.15) is 19.4 Å². The first-order chi connectivity index (χ1) is 13.1. The monoisotopic (exact) mass is 403 g/mol. The van der Waals surface area contributed by atoms with Gasteiger partial charge in [0.05, 0.1) is 18.8 Å². The van der Waals surface area contributed by atoms with Gasteiger partial charge in [0.1, 0.15) is 17.7 Å². The smallest absolute Gasteiger partial charge is 0.404 e. The highest BCUT2D eigenvalue weighted by Gasteiger charge is 2.25. The Morgan fingerprint density at radius 2 is 1.71 bits per heavy atom. The molecule has 28 heavy (non-hydrogen) atoms. The van der Waals surface area contributed by atoms with Crippen LogP contribution in [-0.2, 0) is 11.2 Å². The maximum Gasteiger partial charge on any atom is 0.404 e. The maximum absolute atomic E-state index is 13.3. The van der Waals surface area contributed by atoms with E-state index in [1.165, 1.54) is 0 Å². The molecule has 1 aromatic carbocycles. The summed E-state index contributed by atoms with van der Waals surface area (Å²) >= 11 is 0. The molecular weight excluding hydrogens is 376 g/mol. The molecule has 0 unspecified atom stereocenters. The molecule has 1 rings (SSSR count). The molecule has 6 N–H and O–H groups in total. The number of carbonyl (C=O) groups excluding carboxylic acids is 1. The van der Waals surface area contributed by atoms with E-state index in [2.05, 4.69) is 16.0 Å². The lowest BCUT2D eigenvalue weighted by atomic mass is 10.0. The van der Waals surface area contributed by atoms with Crippen LogP contribution in [0.25, 0.3) is 0 Å². The van der Waals surface area contributed by atoms with E-state index in [4.69, 9.17) is 5.11 Å². The fraction of sp³-hybridized carbons (Fsp3) is 0.556. The fourth-order valence-electron chi connectivity index (χ4n) is 2.50. The average Bonchev–Trinajstić information content (AvgIpc) is 2.58. The van der Waals surface area contributed by atoms with E-state index in [1.807, 2.05) is 13.8 Å². The van der Waals surface area contributed by atoms with Crippen LogP contribution in [0.4, 0.5) is 13.6 Å². The number of amides is 2. The van der Waals surface area contributed by atoms with Gasteiger partial charge in [-0.3, -0.25) is 4.79 Å². The van der Waals surface area contributed by atoms with E-state index in [-0.39, 0.29) is 24.4 Å². The Hall–Kier alpha value is -2.30. The third-order valence-corrected chi connectivity index (χ3v) is 3.91. The van der Waals surface area contributed by atoms with Crippen LogP contribution in [0.3, 0.4) is 0 Å². The number of carbonyl (C=O) groups is 2. The lowest BCUT2D eigenvalue weighted by Gasteiger charge is -2.25. The van der Waals surface area contributed by atoms with Crippen LogP contribution in [0.5, 0.6) is 0 Å². The molecule has 0 spiro atoms.